The van der Waals surface area contributed by atoms with Crippen LogP contribution < -0.4 is 5.32 Å². The van der Waals surface area contributed by atoms with Crippen LogP contribution in [-0.4, -0.2) is 15.7 Å². The molecule has 3 aromatic rings. The Hall–Kier alpha value is -2.40. The fraction of sp³-hybridized carbons (Fsp3) is 0.158. The molecule has 1 amide bonds. The summed E-state index contributed by atoms with van der Waals surface area (Å²) in [6, 6.07) is 19.7. The van der Waals surface area contributed by atoms with Gasteiger partial charge in [0.2, 0.25) is 0 Å². The molecule has 3 rings (SSSR count). The van der Waals surface area contributed by atoms with Gasteiger partial charge in [-0.15, -0.1) is 0 Å². The van der Waals surface area contributed by atoms with Gasteiger partial charge in [-0.1, -0.05) is 60.7 Å². The number of benzene rings is 2. The van der Waals surface area contributed by atoms with Gasteiger partial charge in [0.15, 0.2) is 0 Å². The highest BCUT2D eigenvalue weighted by atomic mass is 79.9. The first-order valence-electron chi connectivity index (χ1n) is 7.67. The first-order valence-corrected chi connectivity index (χ1v) is 8.47. The van der Waals surface area contributed by atoms with E-state index in [9.17, 15) is 4.79 Å². The largest absolute Gasteiger partial charge is 0.340 e. The van der Waals surface area contributed by atoms with Gasteiger partial charge in [-0.25, -0.2) is 0 Å². The van der Waals surface area contributed by atoms with Crippen molar-refractivity contribution in [3.05, 3.63) is 87.7 Å². The minimum absolute atomic E-state index is 0.164. The van der Waals surface area contributed by atoms with Crippen molar-refractivity contribution in [2.24, 2.45) is 7.05 Å². The van der Waals surface area contributed by atoms with Crippen LogP contribution in [0.4, 0.5) is 0 Å². The molecule has 0 bridgehead atoms. The number of hydrogen-bond acceptors (Lipinski definition) is 2. The molecular formula is C19H18BrN3O. The van der Waals surface area contributed by atoms with Gasteiger partial charge in [-0.2, -0.15) is 5.10 Å². The van der Waals surface area contributed by atoms with Crippen molar-refractivity contribution in [3.8, 4) is 0 Å². The van der Waals surface area contributed by atoms with E-state index in [0.29, 0.717) is 5.69 Å². The van der Waals surface area contributed by atoms with Crippen LogP contribution in [0.1, 0.15) is 33.4 Å². The smallest absolute Gasteiger partial charge is 0.271 e. The van der Waals surface area contributed by atoms with Crippen LogP contribution in [0.2, 0.25) is 0 Å². The zero-order valence-electron chi connectivity index (χ0n) is 13.5. The van der Waals surface area contributed by atoms with E-state index in [1.165, 1.54) is 0 Å². The second-order valence-corrected chi connectivity index (χ2v) is 6.39. The first-order chi connectivity index (χ1) is 11.6. The molecular weight excluding hydrogens is 366 g/mol. The summed E-state index contributed by atoms with van der Waals surface area (Å²) in [6.07, 6.45) is 0. The fourth-order valence-electron chi connectivity index (χ4n) is 2.73. The van der Waals surface area contributed by atoms with Crippen LogP contribution in [-0.2, 0) is 7.05 Å². The number of aromatic nitrogens is 2. The third-order valence-corrected chi connectivity index (χ3v) is 4.85. The lowest BCUT2D eigenvalue weighted by Gasteiger charge is -2.20. The molecule has 0 spiro atoms. The minimum Gasteiger partial charge on any atom is -0.340 e. The third-order valence-electron chi connectivity index (χ3n) is 3.91. The molecule has 5 heteroatoms. The van der Waals surface area contributed by atoms with Crippen LogP contribution >= 0.6 is 15.9 Å². The lowest BCUT2D eigenvalue weighted by atomic mass is 9.98. The third kappa shape index (κ3) is 3.26. The van der Waals surface area contributed by atoms with Crippen molar-refractivity contribution in [1.29, 1.82) is 0 Å². The molecule has 0 unspecified atom stereocenters. The quantitative estimate of drug-likeness (QED) is 0.739. The average molecular weight is 384 g/mol. The second kappa shape index (κ2) is 7.01. The van der Waals surface area contributed by atoms with Gasteiger partial charge in [0.05, 0.1) is 16.2 Å². The zero-order chi connectivity index (χ0) is 17.1. The number of hydrogen-bond donors (Lipinski definition) is 1. The second-order valence-electron chi connectivity index (χ2n) is 5.60. The lowest BCUT2D eigenvalue weighted by molar-refractivity contribution is 0.0932. The summed E-state index contributed by atoms with van der Waals surface area (Å²) < 4.78 is 2.32. The van der Waals surface area contributed by atoms with Crippen LogP contribution in [0.5, 0.6) is 0 Å². The van der Waals surface area contributed by atoms with Crippen molar-refractivity contribution in [1.82, 2.24) is 15.1 Å². The van der Waals surface area contributed by atoms with Crippen LogP contribution in [0, 0.1) is 6.92 Å². The van der Waals surface area contributed by atoms with E-state index in [-0.39, 0.29) is 11.9 Å². The zero-order valence-corrected chi connectivity index (χ0v) is 15.1. The lowest BCUT2D eigenvalue weighted by Crippen LogP contribution is -2.31. The Balaban J connectivity index is 1.97. The maximum absolute atomic E-state index is 12.9. The Kier molecular flexibility index (Phi) is 4.81. The van der Waals surface area contributed by atoms with E-state index < -0.39 is 0 Å². The summed E-state index contributed by atoms with van der Waals surface area (Å²) in [7, 11) is 1.77. The molecule has 0 aliphatic rings. The molecule has 122 valence electrons. The van der Waals surface area contributed by atoms with Gasteiger partial charge in [-0.3, -0.25) is 9.48 Å². The van der Waals surface area contributed by atoms with Gasteiger partial charge >= 0.3 is 0 Å². The monoisotopic (exact) mass is 383 g/mol. The highest BCUT2D eigenvalue weighted by Crippen LogP contribution is 2.25. The Morgan fingerprint density at radius 1 is 1.04 bits per heavy atom. The molecule has 1 N–H and O–H groups in total. The fourth-order valence-corrected chi connectivity index (χ4v) is 3.24. The molecule has 1 aromatic heterocycles. The Bertz CT molecular complexity index is 804. The summed E-state index contributed by atoms with van der Waals surface area (Å²) >= 11 is 3.46. The van der Waals surface area contributed by atoms with Gasteiger partial charge in [0.25, 0.3) is 5.91 Å². The van der Waals surface area contributed by atoms with E-state index in [0.717, 1.165) is 21.3 Å². The number of amides is 1. The number of carbonyl (C=O) groups excluding carboxylic acids is 1. The van der Waals surface area contributed by atoms with Crippen molar-refractivity contribution in [2.75, 3.05) is 0 Å². The van der Waals surface area contributed by atoms with E-state index >= 15 is 0 Å². The summed E-state index contributed by atoms with van der Waals surface area (Å²) in [5.41, 5.74) is 3.38. The molecule has 0 aliphatic carbocycles. The minimum atomic E-state index is -0.220. The highest BCUT2D eigenvalue weighted by Gasteiger charge is 2.22. The van der Waals surface area contributed by atoms with Gasteiger partial charge < -0.3 is 5.32 Å². The number of rotatable bonds is 4. The molecule has 0 aliphatic heterocycles. The number of nitrogens with one attached hydrogen (secondary N) is 1. The van der Waals surface area contributed by atoms with Crippen molar-refractivity contribution in [3.63, 3.8) is 0 Å². The van der Waals surface area contributed by atoms with Crippen molar-refractivity contribution >= 4 is 21.8 Å². The summed E-state index contributed by atoms with van der Waals surface area (Å²) in [5, 5.41) is 7.42. The molecule has 0 fully saturated rings. The Morgan fingerprint density at radius 3 is 1.96 bits per heavy atom. The van der Waals surface area contributed by atoms with Gasteiger partial charge in [0, 0.05) is 7.05 Å². The first kappa shape index (κ1) is 16.5. The number of halogens is 1. The maximum Gasteiger partial charge on any atom is 0.271 e. The molecule has 1 heterocycles. The molecule has 24 heavy (non-hydrogen) atoms. The predicted molar refractivity (Wildman–Crippen MR) is 97.8 cm³/mol. The van der Waals surface area contributed by atoms with E-state index in [2.05, 4.69) is 26.3 Å². The van der Waals surface area contributed by atoms with E-state index in [1.54, 1.807) is 11.7 Å². The Morgan fingerprint density at radius 2 is 1.54 bits per heavy atom. The molecule has 0 saturated carbocycles. The molecule has 0 saturated heterocycles. The van der Waals surface area contributed by atoms with Gasteiger partial charge in [-0.05, 0) is 34.0 Å². The maximum atomic E-state index is 12.9. The molecule has 0 atom stereocenters. The number of carbonyl (C=O) groups is 1. The van der Waals surface area contributed by atoms with Crippen LogP contribution in [0.15, 0.2) is 65.1 Å². The molecule has 4 nitrogen and oxygen atoms in total. The summed E-state index contributed by atoms with van der Waals surface area (Å²) in [5.74, 6) is -0.164. The SMILES string of the molecule is Cc1nn(C)c(C(=O)NC(c2ccccc2)c2ccccc2)c1Br. The number of nitrogens with zero attached hydrogens (tertiary/aromatic N) is 2. The van der Waals surface area contributed by atoms with Crippen molar-refractivity contribution in [2.45, 2.75) is 13.0 Å². The van der Waals surface area contributed by atoms with E-state index in [1.807, 2.05) is 67.6 Å². The number of aryl methyl sites for hydroxylation is 2. The normalized spacial score (nSPS) is 10.8. The summed E-state index contributed by atoms with van der Waals surface area (Å²) in [6.45, 7) is 1.87. The highest BCUT2D eigenvalue weighted by molar-refractivity contribution is 9.10. The van der Waals surface area contributed by atoms with Crippen molar-refractivity contribution < 1.29 is 4.79 Å². The summed E-state index contributed by atoms with van der Waals surface area (Å²) in [4.78, 5) is 12.9. The molecule has 2 aromatic carbocycles. The van der Waals surface area contributed by atoms with Crippen LogP contribution in [0.3, 0.4) is 0 Å². The van der Waals surface area contributed by atoms with E-state index in [4.69, 9.17) is 0 Å². The molecule has 0 radical (unpaired) electrons. The average Bonchev–Trinajstić information content (AvgIpc) is 2.86. The predicted octanol–water partition coefficient (Wildman–Crippen LogP) is 4.01. The van der Waals surface area contributed by atoms with Gasteiger partial charge in [0.1, 0.15) is 5.69 Å². The Labute approximate surface area is 149 Å². The topological polar surface area (TPSA) is 46.9 Å². The standard InChI is InChI=1S/C19H18BrN3O/c1-13-16(20)18(23(2)22-13)19(24)21-17(14-9-5-3-6-10-14)15-11-7-4-8-12-15/h3-12,17H,1-2H3,(H,21,24). The van der Waals surface area contributed by atoms with Crippen LogP contribution in [0.25, 0.3) is 0 Å².